The summed E-state index contributed by atoms with van der Waals surface area (Å²) in [5, 5.41) is 6.83. The molecule has 0 fully saturated rings. The summed E-state index contributed by atoms with van der Waals surface area (Å²) in [6, 6.07) is 1.73. The molecule has 17 heavy (non-hydrogen) atoms. The van der Waals surface area contributed by atoms with Gasteiger partial charge in [0, 0.05) is 25.1 Å². The van der Waals surface area contributed by atoms with E-state index in [4.69, 9.17) is 0 Å². The van der Waals surface area contributed by atoms with Crippen molar-refractivity contribution >= 4 is 27.5 Å². The lowest BCUT2D eigenvalue weighted by molar-refractivity contribution is 0.102. The molecule has 1 amide bonds. The van der Waals surface area contributed by atoms with Crippen molar-refractivity contribution in [3.8, 4) is 0 Å². The highest BCUT2D eigenvalue weighted by atomic mass is 79.9. The molecule has 0 atom stereocenters. The summed E-state index contributed by atoms with van der Waals surface area (Å²) < 4.78 is 2.41. The number of pyridine rings is 1. The normalized spacial score (nSPS) is 10.3. The molecule has 6 heteroatoms. The highest BCUT2D eigenvalue weighted by Gasteiger charge is 2.13. The van der Waals surface area contributed by atoms with Gasteiger partial charge in [-0.25, -0.2) is 0 Å². The zero-order chi connectivity index (χ0) is 12.4. The molecule has 0 aliphatic carbocycles. The Kier molecular flexibility index (Phi) is 3.23. The molecule has 0 aliphatic rings. The van der Waals surface area contributed by atoms with Gasteiger partial charge in [0.25, 0.3) is 5.91 Å². The molecule has 0 radical (unpaired) electrons. The summed E-state index contributed by atoms with van der Waals surface area (Å²) in [6.45, 7) is 1.85. The fourth-order valence-electron chi connectivity index (χ4n) is 1.39. The van der Waals surface area contributed by atoms with E-state index in [0.29, 0.717) is 11.3 Å². The van der Waals surface area contributed by atoms with Gasteiger partial charge in [0.05, 0.1) is 21.9 Å². The maximum Gasteiger partial charge on any atom is 0.259 e. The first kappa shape index (κ1) is 11.8. The minimum Gasteiger partial charge on any atom is -0.321 e. The maximum atomic E-state index is 12.0. The predicted octanol–water partition coefficient (Wildman–Crippen LogP) is 2.14. The van der Waals surface area contributed by atoms with E-state index in [1.165, 1.54) is 0 Å². The van der Waals surface area contributed by atoms with E-state index >= 15 is 0 Å². The van der Waals surface area contributed by atoms with Crippen LogP contribution in [0.25, 0.3) is 0 Å². The van der Waals surface area contributed by atoms with Gasteiger partial charge in [-0.05, 0) is 28.9 Å². The van der Waals surface area contributed by atoms with E-state index < -0.39 is 0 Å². The number of carbonyl (C=O) groups is 1. The fourth-order valence-corrected chi connectivity index (χ4v) is 1.74. The lowest BCUT2D eigenvalue weighted by atomic mass is 10.2. The smallest absolute Gasteiger partial charge is 0.259 e. The minimum atomic E-state index is -0.178. The van der Waals surface area contributed by atoms with E-state index in [-0.39, 0.29) is 5.91 Å². The molecule has 2 aromatic rings. The number of nitrogens with zero attached hydrogens (tertiary/aromatic N) is 3. The van der Waals surface area contributed by atoms with E-state index in [1.54, 1.807) is 36.4 Å². The Morgan fingerprint density at radius 1 is 1.47 bits per heavy atom. The third-order valence-corrected chi connectivity index (χ3v) is 3.13. The molecule has 2 aromatic heterocycles. The van der Waals surface area contributed by atoms with Crippen molar-refractivity contribution in [3.05, 3.63) is 40.4 Å². The van der Waals surface area contributed by atoms with Crippen LogP contribution in [0, 0.1) is 6.92 Å². The number of rotatable bonds is 2. The topological polar surface area (TPSA) is 59.8 Å². The number of halogens is 1. The van der Waals surface area contributed by atoms with Gasteiger partial charge >= 0.3 is 0 Å². The van der Waals surface area contributed by atoms with Crippen molar-refractivity contribution in [1.29, 1.82) is 0 Å². The molecule has 0 aliphatic heterocycles. The third kappa shape index (κ3) is 2.36. The third-order valence-electron chi connectivity index (χ3n) is 2.50. The number of nitrogens with one attached hydrogen (secondary N) is 1. The van der Waals surface area contributed by atoms with Crippen LogP contribution < -0.4 is 5.32 Å². The van der Waals surface area contributed by atoms with Gasteiger partial charge in [-0.3, -0.25) is 14.5 Å². The van der Waals surface area contributed by atoms with Gasteiger partial charge in [-0.2, -0.15) is 5.10 Å². The molecule has 0 spiro atoms. The van der Waals surface area contributed by atoms with Gasteiger partial charge in [0.1, 0.15) is 0 Å². The first-order valence-electron chi connectivity index (χ1n) is 4.99. The highest BCUT2D eigenvalue weighted by molar-refractivity contribution is 9.10. The lowest BCUT2D eigenvalue weighted by Gasteiger charge is -2.06. The molecule has 2 rings (SSSR count). The zero-order valence-electron chi connectivity index (χ0n) is 9.44. The monoisotopic (exact) mass is 294 g/mol. The number of aromatic nitrogens is 3. The van der Waals surface area contributed by atoms with Crippen LogP contribution in [0.2, 0.25) is 0 Å². The SMILES string of the molecule is Cc1c(C(=O)Nc2ccncc2Br)cnn1C. The number of carbonyl (C=O) groups excluding carboxylic acids is 1. The van der Waals surface area contributed by atoms with Crippen LogP contribution in [0.5, 0.6) is 0 Å². The lowest BCUT2D eigenvalue weighted by Crippen LogP contribution is -2.13. The standard InChI is InChI=1S/C11H11BrN4O/c1-7-8(5-14-16(7)2)11(17)15-10-3-4-13-6-9(10)12/h3-6H,1-2H3,(H,13,15,17). The van der Waals surface area contributed by atoms with Gasteiger partial charge in [-0.15, -0.1) is 0 Å². The molecular weight excluding hydrogens is 284 g/mol. The average Bonchev–Trinajstić information content (AvgIpc) is 2.63. The van der Waals surface area contributed by atoms with Gasteiger partial charge in [0.2, 0.25) is 0 Å². The van der Waals surface area contributed by atoms with Crippen molar-refractivity contribution in [1.82, 2.24) is 14.8 Å². The van der Waals surface area contributed by atoms with Crippen molar-refractivity contribution in [2.75, 3.05) is 5.32 Å². The van der Waals surface area contributed by atoms with Crippen LogP contribution in [0.4, 0.5) is 5.69 Å². The highest BCUT2D eigenvalue weighted by Crippen LogP contribution is 2.21. The Morgan fingerprint density at radius 2 is 2.24 bits per heavy atom. The number of aryl methyl sites for hydroxylation is 1. The minimum absolute atomic E-state index is 0.178. The molecule has 2 heterocycles. The summed E-state index contributed by atoms with van der Waals surface area (Å²) in [4.78, 5) is 15.9. The van der Waals surface area contributed by atoms with E-state index in [2.05, 4.69) is 31.3 Å². The predicted molar refractivity (Wildman–Crippen MR) is 67.8 cm³/mol. The van der Waals surface area contributed by atoms with Crippen LogP contribution >= 0.6 is 15.9 Å². The Balaban J connectivity index is 2.23. The average molecular weight is 295 g/mol. The van der Waals surface area contributed by atoms with E-state index in [1.807, 2.05) is 6.92 Å². The van der Waals surface area contributed by atoms with Crippen LogP contribution in [0.15, 0.2) is 29.1 Å². The number of hydrogen-bond donors (Lipinski definition) is 1. The summed E-state index contributed by atoms with van der Waals surface area (Å²) in [6.07, 6.45) is 4.81. The van der Waals surface area contributed by atoms with E-state index in [9.17, 15) is 4.79 Å². The molecule has 0 aromatic carbocycles. The summed E-state index contributed by atoms with van der Waals surface area (Å²) >= 11 is 3.32. The van der Waals surface area contributed by atoms with E-state index in [0.717, 1.165) is 10.2 Å². The molecule has 1 N–H and O–H groups in total. The first-order valence-corrected chi connectivity index (χ1v) is 5.78. The van der Waals surface area contributed by atoms with Crippen LogP contribution in [-0.4, -0.2) is 20.7 Å². The van der Waals surface area contributed by atoms with Crippen molar-refractivity contribution < 1.29 is 4.79 Å². The molecule has 5 nitrogen and oxygen atoms in total. The molecule has 0 unspecified atom stereocenters. The Bertz CT molecular complexity index is 564. The summed E-state index contributed by atoms with van der Waals surface area (Å²) in [5.74, 6) is -0.178. The fraction of sp³-hybridized carbons (Fsp3) is 0.182. The van der Waals surface area contributed by atoms with Gasteiger partial charge < -0.3 is 5.32 Å². The zero-order valence-corrected chi connectivity index (χ0v) is 11.0. The number of hydrogen-bond acceptors (Lipinski definition) is 3. The van der Waals surface area contributed by atoms with Gasteiger partial charge in [0.15, 0.2) is 0 Å². The van der Waals surface area contributed by atoms with Gasteiger partial charge in [-0.1, -0.05) is 0 Å². The number of anilines is 1. The molecule has 0 bridgehead atoms. The quantitative estimate of drug-likeness (QED) is 0.923. The first-order chi connectivity index (χ1) is 8.09. The van der Waals surface area contributed by atoms with Crippen LogP contribution in [0.3, 0.4) is 0 Å². The molecule has 88 valence electrons. The Labute approximate surface area is 107 Å². The maximum absolute atomic E-state index is 12.0. The number of amides is 1. The second-order valence-corrected chi connectivity index (χ2v) is 4.43. The van der Waals surface area contributed by atoms with Crippen LogP contribution in [-0.2, 0) is 7.05 Å². The summed E-state index contributed by atoms with van der Waals surface area (Å²) in [7, 11) is 1.80. The van der Waals surface area contributed by atoms with Crippen LogP contribution in [0.1, 0.15) is 16.1 Å². The Hall–Kier alpha value is -1.69. The molecule has 0 saturated carbocycles. The van der Waals surface area contributed by atoms with Crippen molar-refractivity contribution in [3.63, 3.8) is 0 Å². The second-order valence-electron chi connectivity index (χ2n) is 3.58. The van der Waals surface area contributed by atoms with Crippen molar-refractivity contribution in [2.24, 2.45) is 7.05 Å². The Morgan fingerprint density at radius 3 is 2.82 bits per heavy atom. The largest absolute Gasteiger partial charge is 0.321 e. The second kappa shape index (κ2) is 4.67. The van der Waals surface area contributed by atoms with Crippen molar-refractivity contribution in [2.45, 2.75) is 6.92 Å². The summed E-state index contributed by atoms with van der Waals surface area (Å²) in [5.41, 5.74) is 2.08. The molecular formula is C11H11BrN4O. The molecule has 0 saturated heterocycles.